The predicted octanol–water partition coefficient (Wildman–Crippen LogP) is 2.26. The number of amides is 1. The lowest BCUT2D eigenvalue weighted by molar-refractivity contribution is 0.0788. The summed E-state index contributed by atoms with van der Waals surface area (Å²) in [6.07, 6.45) is 2.06. The monoisotopic (exact) mass is 323 g/mol. The fourth-order valence-electron chi connectivity index (χ4n) is 3.21. The minimum atomic E-state index is -0.227. The fraction of sp³-hybridized carbons (Fsp3) is 0.222. The maximum Gasteiger partial charge on any atom is 0.270 e. The number of aromatic nitrogens is 2. The molecule has 1 fully saturated rings. The number of nitrogens with one attached hydrogen (secondary N) is 1. The number of H-pyrrole nitrogens is 1. The number of likely N-dealkylation sites (tertiary alicyclic amines) is 1. The van der Waals surface area contributed by atoms with E-state index in [-0.39, 0.29) is 17.2 Å². The molecule has 2 N–H and O–H groups in total. The lowest BCUT2D eigenvalue weighted by Gasteiger charge is -2.13. The Kier molecular flexibility index (Phi) is 3.37. The molecule has 0 aliphatic carbocycles. The first kappa shape index (κ1) is 14.6. The van der Waals surface area contributed by atoms with Crippen molar-refractivity contribution in [2.45, 2.75) is 12.8 Å². The number of hydrogen-bond donors (Lipinski definition) is 2. The van der Waals surface area contributed by atoms with Crippen molar-refractivity contribution >= 4 is 16.9 Å². The van der Waals surface area contributed by atoms with Crippen molar-refractivity contribution in [1.82, 2.24) is 14.5 Å². The van der Waals surface area contributed by atoms with Crippen LogP contribution in [0.5, 0.6) is 5.75 Å². The van der Waals surface area contributed by atoms with Gasteiger partial charge >= 0.3 is 0 Å². The van der Waals surface area contributed by atoms with Crippen molar-refractivity contribution in [2.75, 3.05) is 13.1 Å². The quantitative estimate of drug-likeness (QED) is 0.759. The second-order valence-electron chi connectivity index (χ2n) is 6.01. The molecule has 3 heterocycles. The summed E-state index contributed by atoms with van der Waals surface area (Å²) in [4.78, 5) is 29.8. The Morgan fingerprint density at radius 1 is 1.08 bits per heavy atom. The van der Waals surface area contributed by atoms with Gasteiger partial charge in [0.25, 0.3) is 11.5 Å². The van der Waals surface area contributed by atoms with E-state index in [0.29, 0.717) is 17.0 Å². The molecule has 2 aromatic heterocycles. The molecule has 0 spiro atoms. The Morgan fingerprint density at radius 3 is 2.62 bits per heavy atom. The number of carbonyl (C=O) groups is 1. The van der Waals surface area contributed by atoms with Gasteiger partial charge in [0.1, 0.15) is 17.1 Å². The molecule has 1 aliphatic heterocycles. The SMILES string of the molecule is O=C(c1cc2ccc(=O)n(-c3cccc(O)c3)c2[nH]1)N1CCCC1. The maximum absolute atomic E-state index is 12.6. The molecule has 122 valence electrons. The topological polar surface area (TPSA) is 78.3 Å². The van der Waals surface area contributed by atoms with Crippen LogP contribution in [-0.4, -0.2) is 38.6 Å². The molecule has 6 heteroatoms. The Balaban J connectivity index is 1.86. The van der Waals surface area contributed by atoms with Crippen molar-refractivity contribution in [3.8, 4) is 11.4 Å². The first-order valence-electron chi connectivity index (χ1n) is 7.97. The highest BCUT2D eigenvalue weighted by atomic mass is 16.3. The third kappa shape index (κ3) is 2.36. The highest BCUT2D eigenvalue weighted by molar-refractivity contribution is 5.97. The normalized spacial score (nSPS) is 14.4. The second kappa shape index (κ2) is 5.56. The summed E-state index contributed by atoms with van der Waals surface area (Å²) < 4.78 is 1.47. The van der Waals surface area contributed by atoms with Crippen LogP contribution in [-0.2, 0) is 0 Å². The molecule has 6 nitrogen and oxygen atoms in total. The van der Waals surface area contributed by atoms with Gasteiger partial charge in [0.2, 0.25) is 0 Å². The number of fused-ring (bicyclic) bond motifs is 1. The van der Waals surface area contributed by atoms with Crippen LogP contribution < -0.4 is 5.56 Å². The van der Waals surface area contributed by atoms with Gasteiger partial charge in [-0.1, -0.05) is 6.07 Å². The van der Waals surface area contributed by atoms with Gasteiger partial charge < -0.3 is 15.0 Å². The number of phenols is 1. The van der Waals surface area contributed by atoms with E-state index >= 15 is 0 Å². The molecular weight excluding hydrogens is 306 g/mol. The average Bonchev–Trinajstić information content (AvgIpc) is 3.23. The van der Waals surface area contributed by atoms with Gasteiger partial charge in [-0.25, -0.2) is 0 Å². The van der Waals surface area contributed by atoms with Crippen LogP contribution in [0.2, 0.25) is 0 Å². The third-order valence-electron chi connectivity index (χ3n) is 4.39. The zero-order chi connectivity index (χ0) is 16.7. The van der Waals surface area contributed by atoms with Crippen LogP contribution in [0.15, 0.2) is 47.3 Å². The molecule has 24 heavy (non-hydrogen) atoms. The fourth-order valence-corrected chi connectivity index (χ4v) is 3.21. The molecule has 0 saturated carbocycles. The summed E-state index contributed by atoms with van der Waals surface area (Å²) >= 11 is 0. The smallest absolute Gasteiger partial charge is 0.270 e. The standard InChI is InChI=1S/C18H17N3O3/c22-14-5-3-4-13(11-14)21-16(23)7-6-12-10-15(19-17(12)21)18(24)20-8-1-2-9-20/h3-7,10-11,19,22H,1-2,8-9H2. The summed E-state index contributed by atoms with van der Waals surface area (Å²) in [5, 5.41) is 10.5. The molecule has 4 rings (SSSR count). The molecule has 0 atom stereocenters. The zero-order valence-corrected chi connectivity index (χ0v) is 13.0. The summed E-state index contributed by atoms with van der Waals surface area (Å²) in [6.45, 7) is 1.54. The molecule has 3 aromatic rings. The predicted molar refractivity (Wildman–Crippen MR) is 90.7 cm³/mol. The minimum absolute atomic E-state index is 0.0430. The van der Waals surface area contributed by atoms with E-state index in [1.807, 2.05) is 4.90 Å². The van der Waals surface area contributed by atoms with E-state index in [0.717, 1.165) is 31.3 Å². The number of benzene rings is 1. The van der Waals surface area contributed by atoms with Gasteiger partial charge in [0.05, 0.1) is 5.69 Å². The number of carbonyl (C=O) groups excluding carboxylic acids is 1. The molecule has 1 amide bonds. The Morgan fingerprint density at radius 2 is 1.88 bits per heavy atom. The Labute approximate surface area is 138 Å². The summed E-state index contributed by atoms with van der Waals surface area (Å²) in [5.41, 5.74) is 1.35. The van der Waals surface area contributed by atoms with Crippen molar-refractivity contribution < 1.29 is 9.90 Å². The third-order valence-corrected chi connectivity index (χ3v) is 4.39. The second-order valence-corrected chi connectivity index (χ2v) is 6.01. The van der Waals surface area contributed by atoms with E-state index in [9.17, 15) is 14.7 Å². The minimum Gasteiger partial charge on any atom is -0.508 e. The van der Waals surface area contributed by atoms with Crippen LogP contribution >= 0.6 is 0 Å². The zero-order valence-electron chi connectivity index (χ0n) is 13.0. The maximum atomic E-state index is 12.6. The number of pyridine rings is 1. The molecule has 0 bridgehead atoms. The van der Waals surface area contributed by atoms with E-state index in [1.54, 1.807) is 30.3 Å². The van der Waals surface area contributed by atoms with Crippen LogP contribution in [0.4, 0.5) is 0 Å². The van der Waals surface area contributed by atoms with Gasteiger partial charge in [-0.15, -0.1) is 0 Å². The molecule has 0 radical (unpaired) electrons. The van der Waals surface area contributed by atoms with Crippen molar-refractivity contribution in [1.29, 1.82) is 0 Å². The highest BCUT2D eigenvalue weighted by Crippen LogP contribution is 2.21. The summed E-state index contributed by atoms with van der Waals surface area (Å²) in [5.74, 6) is 0.0370. The molecule has 0 unspecified atom stereocenters. The van der Waals surface area contributed by atoms with Gasteiger partial charge in [-0.2, -0.15) is 0 Å². The van der Waals surface area contributed by atoms with E-state index < -0.39 is 0 Å². The van der Waals surface area contributed by atoms with Crippen molar-refractivity contribution in [3.63, 3.8) is 0 Å². The molecule has 1 saturated heterocycles. The molecule has 1 aromatic carbocycles. The van der Waals surface area contributed by atoms with Crippen molar-refractivity contribution in [3.05, 3.63) is 58.5 Å². The summed E-state index contributed by atoms with van der Waals surface area (Å²) in [6, 6.07) is 11.4. The lowest BCUT2D eigenvalue weighted by atomic mass is 10.2. The lowest BCUT2D eigenvalue weighted by Crippen LogP contribution is -2.27. The highest BCUT2D eigenvalue weighted by Gasteiger charge is 2.21. The number of hydrogen-bond acceptors (Lipinski definition) is 3. The van der Waals surface area contributed by atoms with Crippen molar-refractivity contribution in [2.24, 2.45) is 0 Å². The number of nitrogens with zero attached hydrogens (tertiary/aromatic N) is 2. The average molecular weight is 323 g/mol. The Bertz CT molecular complexity index is 981. The number of aromatic hydroxyl groups is 1. The molecular formula is C18H17N3O3. The van der Waals surface area contributed by atoms with Gasteiger partial charge in [-0.3, -0.25) is 14.2 Å². The first-order chi connectivity index (χ1) is 11.6. The van der Waals surface area contributed by atoms with Gasteiger partial charge in [0.15, 0.2) is 0 Å². The van der Waals surface area contributed by atoms with Crippen LogP contribution in [0.25, 0.3) is 16.7 Å². The van der Waals surface area contributed by atoms with E-state index in [4.69, 9.17) is 0 Å². The van der Waals surface area contributed by atoms with Gasteiger partial charge in [-0.05, 0) is 37.1 Å². The molecule has 1 aliphatic rings. The van der Waals surface area contributed by atoms with Crippen LogP contribution in [0.1, 0.15) is 23.3 Å². The first-order valence-corrected chi connectivity index (χ1v) is 7.97. The van der Waals surface area contributed by atoms with E-state index in [2.05, 4.69) is 4.98 Å². The number of phenolic OH excluding ortho intramolecular Hbond substituents is 1. The van der Waals surface area contributed by atoms with Crippen LogP contribution in [0.3, 0.4) is 0 Å². The number of aromatic amines is 1. The number of rotatable bonds is 2. The van der Waals surface area contributed by atoms with E-state index in [1.165, 1.54) is 16.7 Å². The summed E-state index contributed by atoms with van der Waals surface area (Å²) in [7, 11) is 0. The van der Waals surface area contributed by atoms with Crippen LogP contribution in [0, 0.1) is 0 Å². The Hall–Kier alpha value is -3.02. The largest absolute Gasteiger partial charge is 0.508 e. The van der Waals surface area contributed by atoms with Gasteiger partial charge in [0, 0.05) is 30.6 Å².